The van der Waals surface area contributed by atoms with Gasteiger partial charge in [0.2, 0.25) is 5.91 Å². The fraction of sp³-hybridized carbons (Fsp3) is 0.333. The van der Waals surface area contributed by atoms with Crippen molar-refractivity contribution in [1.29, 1.82) is 0 Å². The van der Waals surface area contributed by atoms with E-state index >= 15 is 0 Å². The van der Waals surface area contributed by atoms with Crippen molar-refractivity contribution in [3.05, 3.63) is 59.7 Å². The van der Waals surface area contributed by atoms with E-state index in [1.807, 2.05) is 48.5 Å². The van der Waals surface area contributed by atoms with Crippen LogP contribution in [0.4, 0.5) is 0 Å². The van der Waals surface area contributed by atoms with E-state index in [0.717, 1.165) is 23.5 Å². The number of guanidine groups is 1. The van der Waals surface area contributed by atoms with Crippen LogP contribution in [0.2, 0.25) is 0 Å². The van der Waals surface area contributed by atoms with E-state index in [1.54, 1.807) is 21.3 Å². The normalized spacial score (nSPS) is 10.9. The third kappa shape index (κ3) is 6.83. The Morgan fingerprint density at radius 2 is 1.79 bits per heavy atom. The second-order valence-electron chi connectivity index (χ2n) is 6.04. The molecule has 7 nitrogen and oxygen atoms in total. The van der Waals surface area contributed by atoms with Crippen LogP contribution in [0.1, 0.15) is 11.1 Å². The zero-order valence-electron chi connectivity index (χ0n) is 16.6. The van der Waals surface area contributed by atoms with Crippen LogP contribution >= 0.6 is 0 Å². The summed E-state index contributed by atoms with van der Waals surface area (Å²) in [6.45, 7) is 1.25. The highest BCUT2D eigenvalue weighted by Gasteiger charge is 2.07. The SMILES string of the molecule is CN=C(NCC(=O)NCCc1ccccc1)NCc1ccc(OC)cc1OC. The molecular formula is C21H28N4O3. The molecule has 0 spiro atoms. The summed E-state index contributed by atoms with van der Waals surface area (Å²) < 4.78 is 10.6. The summed E-state index contributed by atoms with van der Waals surface area (Å²) in [5, 5.41) is 9.08. The third-order valence-corrected chi connectivity index (χ3v) is 4.16. The summed E-state index contributed by atoms with van der Waals surface area (Å²) in [6, 6.07) is 15.7. The van der Waals surface area contributed by atoms with Gasteiger partial charge in [0.1, 0.15) is 11.5 Å². The fourth-order valence-corrected chi connectivity index (χ4v) is 2.61. The standard InChI is InChI=1S/C21H28N4O3/c1-22-21(24-14-17-9-10-18(27-2)13-19(17)28-3)25-15-20(26)23-12-11-16-7-5-4-6-8-16/h4-10,13H,11-12,14-15H2,1-3H3,(H,23,26)(H2,22,24,25). The lowest BCUT2D eigenvalue weighted by Crippen LogP contribution is -2.43. The van der Waals surface area contributed by atoms with Crippen molar-refractivity contribution in [3.8, 4) is 11.5 Å². The lowest BCUT2D eigenvalue weighted by Gasteiger charge is -2.14. The molecule has 0 radical (unpaired) electrons. The van der Waals surface area contributed by atoms with Crippen molar-refractivity contribution in [3.63, 3.8) is 0 Å². The summed E-state index contributed by atoms with van der Waals surface area (Å²) in [4.78, 5) is 16.1. The minimum absolute atomic E-state index is 0.0825. The molecule has 28 heavy (non-hydrogen) atoms. The number of ether oxygens (including phenoxy) is 2. The second kappa shape index (κ2) is 11.5. The summed E-state index contributed by atoms with van der Waals surface area (Å²) in [6.07, 6.45) is 0.802. The molecule has 0 fully saturated rings. The smallest absolute Gasteiger partial charge is 0.239 e. The van der Waals surface area contributed by atoms with Crippen LogP contribution in [-0.4, -0.2) is 46.2 Å². The maximum absolute atomic E-state index is 12.0. The van der Waals surface area contributed by atoms with Crippen LogP contribution in [0.25, 0.3) is 0 Å². The van der Waals surface area contributed by atoms with E-state index in [0.29, 0.717) is 19.0 Å². The number of nitrogens with one attached hydrogen (secondary N) is 3. The molecule has 0 saturated heterocycles. The Bertz CT molecular complexity index is 778. The Balaban J connectivity index is 1.74. The number of benzene rings is 2. The maximum atomic E-state index is 12.0. The number of rotatable bonds is 9. The Morgan fingerprint density at radius 1 is 1.00 bits per heavy atom. The Hall–Kier alpha value is -3.22. The Kier molecular flexibility index (Phi) is 8.65. The van der Waals surface area contributed by atoms with Crippen LogP contribution in [-0.2, 0) is 17.8 Å². The minimum Gasteiger partial charge on any atom is -0.497 e. The molecule has 0 bridgehead atoms. The summed E-state index contributed by atoms with van der Waals surface area (Å²) in [5.74, 6) is 1.91. The van der Waals surface area contributed by atoms with Gasteiger partial charge in [0.05, 0.1) is 20.8 Å². The number of methoxy groups -OCH3 is 2. The first-order chi connectivity index (χ1) is 13.7. The fourth-order valence-electron chi connectivity index (χ4n) is 2.61. The van der Waals surface area contributed by atoms with Gasteiger partial charge in [-0.25, -0.2) is 0 Å². The van der Waals surface area contributed by atoms with Gasteiger partial charge in [-0.05, 0) is 24.1 Å². The summed E-state index contributed by atoms with van der Waals surface area (Å²) in [7, 11) is 4.89. The first-order valence-corrected chi connectivity index (χ1v) is 9.12. The van der Waals surface area contributed by atoms with Crippen molar-refractivity contribution in [2.45, 2.75) is 13.0 Å². The van der Waals surface area contributed by atoms with Crippen LogP contribution in [0.3, 0.4) is 0 Å². The number of hydrogen-bond donors (Lipinski definition) is 3. The average molecular weight is 384 g/mol. The molecule has 0 aromatic heterocycles. The molecule has 0 aliphatic rings. The highest BCUT2D eigenvalue weighted by Crippen LogP contribution is 2.24. The lowest BCUT2D eigenvalue weighted by molar-refractivity contribution is -0.119. The molecule has 0 heterocycles. The third-order valence-electron chi connectivity index (χ3n) is 4.16. The zero-order valence-corrected chi connectivity index (χ0v) is 16.6. The van der Waals surface area contributed by atoms with Gasteiger partial charge < -0.3 is 25.4 Å². The van der Waals surface area contributed by atoms with E-state index < -0.39 is 0 Å². The first-order valence-electron chi connectivity index (χ1n) is 9.12. The van der Waals surface area contributed by atoms with Gasteiger partial charge in [-0.3, -0.25) is 9.79 Å². The Morgan fingerprint density at radius 3 is 2.46 bits per heavy atom. The van der Waals surface area contributed by atoms with Gasteiger partial charge in [0.25, 0.3) is 0 Å². The minimum atomic E-state index is -0.0825. The number of nitrogens with zero attached hydrogens (tertiary/aromatic N) is 1. The number of carbonyl (C=O) groups is 1. The molecule has 7 heteroatoms. The first kappa shape index (κ1) is 21.1. The van der Waals surface area contributed by atoms with Gasteiger partial charge >= 0.3 is 0 Å². The van der Waals surface area contributed by atoms with Crippen LogP contribution in [0, 0.1) is 0 Å². The van der Waals surface area contributed by atoms with Gasteiger partial charge in [-0.15, -0.1) is 0 Å². The molecule has 0 unspecified atom stereocenters. The molecule has 3 N–H and O–H groups in total. The van der Waals surface area contributed by atoms with Gasteiger partial charge in [-0.2, -0.15) is 0 Å². The predicted octanol–water partition coefficient (Wildman–Crippen LogP) is 1.73. The van der Waals surface area contributed by atoms with E-state index in [9.17, 15) is 4.79 Å². The number of amides is 1. The molecule has 2 aromatic carbocycles. The molecule has 2 aromatic rings. The Labute approximate surface area is 166 Å². The second-order valence-corrected chi connectivity index (χ2v) is 6.04. The van der Waals surface area contributed by atoms with E-state index in [4.69, 9.17) is 9.47 Å². The molecule has 1 amide bonds. The number of aliphatic imine (C=N–C) groups is 1. The van der Waals surface area contributed by atoms with Gasteiger partial charge in [0, 0.05) is 31.8 Å². The molecule has 0 aliphatic heterocycles. The van der Waals surface area contributed by atoms with Crippen molar-refractivity contribution in [2.24, 2.45) is 4.99 Å². The van der Waals surface area contributed by atoms with Crippen LogP contribution in [0.15, 0.2) is 53.5 Å². The number of hydrogen-bond acceptors (Lipinski definition) is 4. The lowest BCUT2D eigenvalue weighted by atomic mass is 10.1. The van der Waals surface area contributed by atoms with Crippen molar-refractivity contribution in [1.82, 2.24) is 16.0 Å². The molecule has 2 rings (SSSR count). The van der Waals surface area contributed by atoms with Gasteiger partial charge in [0.15, 0.2) is 5.96 Å². The topological polar surface area (TPSA) is 84.0 Å². The maximum Gasteiger partial charge on any atom is 0.239 e. The number of carbonyl (C=O) groups excluding carboxylic acids is 1. The van der Waals surface area contributed by atoms with E-state index in [2.05, 4.69) is 20.9 Å². The quantitative estimate of drug-likeness (QED) is 0.453. The van der Waals surface area contributed by atoms with E-state index in [-0.39, 0.29) is 12.5 Å². The van der Waals surface area contributed by atoms with Crippen molar-refractivity contribution >= 4 is 11.9 Å². The van der Waals surface area contributed by atoms with E-state index in [1.165, 1.54) is 5.56 Å². The zero-order chi connectivity index (χ0) is 20.2. The molecule has 0 atom stereocenters. The average Bonchev–Trinajstić information content (AvgIpc) is 2.74. The molecule has 0 saturated carbocycles. The summed E-state index contributed by atoms with van der Waals surface area (Å²) >= 11 is 0. The highest BCUT2D eigenvalue weighted by molar-refractivity contribution is 5.86. The van der Waals surface area contributed by atoms with Crippen molar-refractivity contribution < 1.29 is 14.3 Å². The molecule has 150 valence electrons. The van der Waals surface area contributed by atoms with Crippen LogP contribution in [0.5, 0.6) is 11.5 Å². The molecule has 0 aliphatic carbocycles. The highest BCUT2D eigenvalue weighted by atomic mass is 16.5. The molecular weight excluding hydrogens is 356 g/mol. The monoisotopic (exact) mass is 384 g/mol. The summed E-state index contributed by atoms with van der Waals surface area (Å²) in [5.41, 5.74) is 2.15. The van der Waals surface area contributed by atoms with Crippen LogP contribution < -0.4 is 25.4 Å². The largest absolute Gasteiger partial charge is 0.497 e. The van der Waals surface area contributed by atoms with Gasteiger partial charge in [-0.1, -0.05) is 30.3 Å². The van der Waals surface area contributed by atoms with Crippen molar-refractivity contribution in [2.75, 3.05) is 34.4 Å². The predicted molar refractivity (Wildman–Crippen MR) is 111 cm³/mol.